The van der Waals surface area contributed by atoms with Crippen molar-refractivity contribution in [2.24, 2.45) is 0 Å². The Morgan fingerprint density at radius 1 is 1.07 bits per heavy atom. The summed E-state index contributed by atoms with van der Waals surface area (Å²) in [4.78, 5) is 18.2. The third-order valence-electron chi connectivity index (χ3n) is 4.81. The van der Waals surface area contributed by atoms with E-state index in [4.69, 9.17) is 0 Å². The van der Waals surface area contributed by atoms with E-state index in [0.717, 1.165) is 24.6 Å². The number of pyridine rings is 1. The Labute approximate surface area is 171 Å². The zero-order valence-corrected chi connectivity index (χ0v) is 16.8. The first kappa shape index (κ1) is 21.8. The largest absolute Gasteiger partial charge is 0.417 e. The van der Waals surface area contributed by atoms with E-state index in [9.17, 15) is 31.7 Å². The van der Waals surface area contributed by atoms with E-state index in [0.29, 0.717) is 44.1 Å². The zero-order chi connectivity index (χ0) is 22.1. The second kappa shape index (κ2) is 8.09. The van der Waals surface area contributed by atoms with Gasteiger partial charge in [-0.05, 0) is 30.7 Å². The van der Waals surface area contributed by atoms with Gasteiger partial charge in [0, 0.05) is 44.7 Å². The lowest BCUT2D eigenvalue weighted by atomic mass is 10.2. The number of benzene rings is 1. The number of hydrogen-bond acceptors (Lipinski definition) is 7. The molecule has 1 fully saturated rings. The number of nitro benzene ring substituents is 1. The SMILES string of the molecule is CS(=O)(=O)c1ccc(N2CCCN(c3ccc(C(F)(F)F)cn3)CC2)c([N+](=O)[O-])c1. The van der Waals surface area contributed by atoms with Crippen molar-refractivity contribution in [3.05, 3.63) is 52.2 Å². The summed E-state index contributed by atoms with van der Waals surface area (Å²) in [6.07, 6.45) is -2.11. The van der Waals surface area contributed by atoms with Gasteiger partial charge in [-0.25, -0.2) is 13.4 Å². The first-order chi connectivity index (χ1) is 14.0. The molecule has 8 nitrogen and oxygen atoms in total. The Morgan fingerprint density at radius 3 is 2.30 bits per heavy atom. The summed E-state index contributed by atoms with van der Waals surface area (Å²) in [5.74, 6) is 0.395. The highest BCUT2D eigenvalue weighted by Gasteiger charge is 2.31. The number of nitrogens with zero attached hydrogens (tertiary/aromatic N) is 4. The molecule has 0 atom stereocenters. The van der Waals surface area contributed by atoms with Gasteiger partial charge in [-0.2, -0.15) is 13.2 Å². The van der Waals surface area contributed by atoms with Gasteiger partial charge in [0.15, 0.2) is 9.84 Å². The molecule has 1 aliphatic heterocycles. The molecule has 0 radical (unpaired) electrons. The maximum atomic E-state index is 12.7. The molecule has 2 aromatic rings. The number of anilines is 2. The summed E-state index contributed by atoms with van der Waals surface area (Å²) in [6, 6.07) is 6.07. The number of nitro groups is 1. The molecule has 0 unspecified atom stereocenters. The lowest BCUT2D eigenvalue weighted by molar-refractivity contribution is -0.384. The van der Waals surface area contributed by atoms with Gasteiger partial charge in [-0.1, -0.05) is 0 Å². The van der Waals surface area contributed by atoms with Crippen LogP contribution in [0.5, 0.6) is 0 Å². The zero-order valence-electron chi connectivity index (χ0n) is 16.0. The first-order valence-corrected chi connectivity index (χ1v) is 10.9. The topological polar surface area (TPSA) is 96.7 Å². The third kappa shape index (κ3) is 4.81. The van der Waals surface area contributed by atoms with Gasteiger partial charge in [-0.3, -0.25) is 10.1 Å². The van der Waals surface area contributed by atoms with Crippen LogP contribution in [-0.2, 0) is 16.0 Å². The van der Waals surface area contributed by atoms with Crippen molar-refractivity contribution in [2.75, 3.05) is 42.2 Å². The van der Waals surface area contributed by atoms with Crippen LogP contribution in [-0.4, -0.2) is 50.8 Å². The molecular weight excluding hydrogens is 425 g/mol. The molecule has 0 saturated carbocycles. The Kier molecular flexibility index (Phi) is 5.88. The van der Waals surface area contributed by atoms with Crippen LogP contribution in [0.15, 0.2) is 41.4 Å². The molecule has 0 bridgehead atoms. The molecule has 1 aromatic carbocycles. The van der Waals surface area contributed by atoms with Gasteiger partial charge in [0.25, 0.3) is 5.69 Å². The predicted molar refractivity (Wildman–Crippen MR) is 104 cm³/mol. The monoisotopic (exact) mass is 444 g/mol. The molecule has 0 amide bonds. The van der Waals surface area contributed by atoms with Crippen molar-refractivity contribution >= 4 is 27.0 Å². The number of rotatable bonds is 4. The molecule has 12 heteroatoms. The van der Waals surface area contributed by atoms with E-state index in [1.54, 1.807) is 4.90 Å². The molecule has 0 spiro atoms. The van der Waals surface area contributed by atoms with Crippen LogP contribution in [0, 0.1) is 10.1 Å². The van der Waals surface area contributed by atoms with Crippen LogP contribution in [0.3, 0.4) is 0 Å². The van der Waals surface area contributed by atoms with Gasteiger partial charge in [-0.15, -0.1) is 0 Å². The van der Waals surface area contributed by atoms with Crippen molar-refractivity contribution < 1.29 is 26.5 Å². The van der Waals surface area contributed by atoms with E-state index in [2.05, 4.69) is 4.98 Å². The highest BCUT2D eigenvalue weighted by atomic mass is 32.2. The highest BCUT2D eigenvalue weighted by molar-refractivity contribution is 7.90. The van der Waals surface area contributed by atoms with Gasteiger partial charge in [0.2, 0.25) is 0 Å². The number of aromatic nitrogens is 1. The summed E-state index contributed by atoms with van der Waals surface area (Å²) in [5, 5.41) is 11.5. The average Bonchev–Trinajstić information content (AvgIpc) is 2.92. The van der Waals surface area contributed by atoms with Crippen LogP contribution in [0.2, 0.25) is 0 Å². The van der Waals surface area contributed by atoms with E-state index in [1.165, 1.54) is 18.2 Å². The number of halogens is 3. The fourth-order valence-corrected chi connectivity index (χ4v) is 3.92. The Morgan fingerprint density at radius 2 is 1.73 bits per heavy atom. The summed E-state index contributed by atoms with van der Waals surface area (Å²) in [5.41, 5.74) is -0.835. The van der Waals surface area contributed by atoms with Crippen molar-refractivity contribution in [1.29, 1.82) is 0 Å². The van der Waals surface area contributed by atoms with Crippen molar-refractivity contribution in [2.45, 2.75) is 17.5 Å². The number of hydrogen-bond donors (Lipinski definition) is 0. The van der Waals surface area contributed by atoms with Crippen LogP contribution in [0.4, 0.5) is 30.4 Å². The van der Waals surface area contributed by atoms with Crippen molar-refractivity contribution in [1.82, 2.24) is 4.98 Å². The molecule has 162 valence electrons. The van der Waals surface area contributed by atoms with Gasteiger partial charge < -0.3 is 9.80 Å². The van der Waals surface area contributed by atoms with Gasteiger partial charge >= 0.3 is 6.18 Å². The smallest absolute Gasteiger partial charge is 0.364 e. The van der Waals surface area contributed by atoms with Crippen molar-refractivity contribution in [3.8, 4) is 0 Å². The third-order valence-corrected chi connectivity index (χ3v) is 5.92. The van der Waals surface area contributed by atoms with E-state index < -0.39 is 26.5 Å². The quantitative estimate of drug-likeness (QED) is 0.528. The van der Waals surface area contributed by atoms with E-state index in [-0.39, 0.29) is 10.6 Å². The summed E-state index contributed by atoms with van der Waals surface area (Å²) >= 11 is 0. The van der Waals surface area contributed by atoms with E-state index in [1.807, 2.05) is 4.90 Å². The van der Waals surface area contributed by atoms with Crippen molar-refractivity contribution in [3.63, 3.8) is 0 Å². The summed E-state index contributed by atoms with van der Waals surface area (Å²) < 4.78 is 61.6. The van der Waals surface area contributed by atoms with Crippen LogP contribution in [0.25, 0.3) is 0 Å². The normalized spacial score (nSPS) is 15.7. The van der Waals surface area contributed by atoms with Crippen LogP contribution < -0.4 is 9.80 Å². The molecule has 30 heavy (non-hydrogen) atoms. The van der Waals surface area contributed by atoms with E-state index >= 15 is 0 Å². The fourth-order valence-electron chi connectivity index (χ4n) is 3.28. The maximum absolute atomic E-state index is 12.7. The minimum atomic E-state index is -4.46. The Bertz CT molecular complexity index is 1040. The molecule has 1 aromatic heterocycles. The summed E-state index contributed by atoms with van der Waals surface area (Å²) in [6.45, 7) is 1.74. The lowest BCUT2D eigenvalue weighted by Gasteiger charge is -2.24. The second-order valence-electron chi connectivity index (χ2n) is 6.91. The molecule has 0 aliphatic carbocycles. The highest BCUT2D eigenvalue weighted by Crippen LogP contribution is 2.32. The van der Waals surface area contributed by atoms with Crippen LogP contribution in [0.1, 0.15) is 12.0 Å². The molecule has 0 N–H and O–H groups in total. The minimum absolute atomic E-state index is 0.136. The Hall–Kier alpha value is -2.89. The fraction of sp³-hybridized carbons (Fsp3) is 0.389. The minimum Gasteiger partial charge on any atom is -0.364 e. The second-order valence-corrected chi connectivity index (χ2v) is 8.93. The molecule has 1 saturated heterocycles. The Balaban J connectivity index is 1.81. The molecule has 3 rings (SSSR count). The average molecular weight is 444 g/mol. The number of alkyl halides is 3. The van der Waals surface area contributed by atoms with Gasteiger partial charge in [0.05, 0.1) is 15.4 Å². The van der Waals surface area contributed by atoms with Crippen LogP contribution >= 0.6 is 0 Å². The first-order valence-electron chi connectivity index (χ1n) is 8.98. The molecular formula is C18H19F3N4O4S. The maximum Gasteiger partial charge on any atom is 0.417 e. The lowest BCUT2D eigenvalue weighted by Crippen LogP contribution is -2.31. The van der Waals surface area contributed by atoms with Gasteiger partial charge in [0.1, 0.15) is 11.5 Å². The summed E-state index contributed by atoms with van der Waals surface area (Å²) in [7, 11) is -3.59. The number of sulfone groups is 1. The standard InChI is InChI=1S/C18H19F3N4O4S/c1-30(28,29)14-4-5-15(16(11-14)25(26)27)23-7-2-8-24(10-9-23)17-6-3-13(12-22-17)18(19,20)21/h3-6,11-12H,2,7-10H2,1H3. The predicted octanol–water partition coefficient (Wildman–Crippen LogP) is 3.13. The molecule has 1 aliphatic rings. The molecule has 2 heterocycles.